The maximum Gasteiger partial charge on any atom is 0.189 e. The van der Waals surface area contributed by atoms with Crippen LogP contribution in [0.4, 0.5) is 16.6 Å². The van der Waals surface area contributed by atoms with Gasteiger partial charge in [0.15, 0.2) is 5.13 Å². The van der Waals surface area contributed by atoms with Crippen LogP contribution in [0.1, 0.15) is 13.8 Å². The van der Waals surface area contributed by atoms with E-state index in [0.29, 0.717) is 6.10 Å². The second kappa shape index (κ2) is 9.86. The molecule has 1 aliphatic heterocycles. The Morgan fingerprint density at radius 1 is 1.12 bits per heavy atom. The van der Waals surface area contributed by atoms with Crippen molar-refractivity contribution < 1.29 is 4.74 Å². The fourth-order valence-electron chi connectivity index (χ4n) is 4.01. The maximum absolute atomic E-state index is 5.69. The number of piperazine rings is 1. The van der Waals surface area contributed by atoms with E-state index in [-0.39, 0.29) is 0 Å². The van der Waals surface area contributed by atoms with E-state index >= 15 is 0 Å². The Kier molecular flexibility index (Phi) is 6.52. The van der Waals surface area contributed by atoms with Crippen molar-refractivity contribution in [2.24, 2.45) is 0 Å². The molecule has 0 unspecified atom stereocenters. The third kappa shape index (κ3) is 5.32. The number of nitrogens with one attached hydrogen (secondary N) is 2. The molecule has 0 atom stereocenters. The molecule has 1 saturated heterocycles. The topological polar surface area (TPSA) is 82.2 Å². The van der Waals surface area contributed by atoms with Gasteiger partial charge in [-0.1, -0.05) is 17.4 Å². The number of anilines is 3. The third-order valence-corrected chi connectivity index (χ3v) is 6.73. The number of aromatic amines is 1. The van der Waals surface area contributed by atoms with Crippen molar-refractivity contribution in [2.45, 2.75) is 20.0 Å². The third-order valence-electron chi connectivity index (χ3n) is 5.79. The fraction of sp³-hybridized carbons (Fsp3) is 0.375. The standard InChI is InChI=1S/C24H29N7OS/c1-17(2)32-12-11-30-7-9-31(10-8-30)20-5-6-25-23(14-20)29-24-28-21-4-3-18(13-22(21)33-24)19-15-26-27-16-19/h3-6,13-17H,7-12H2,1-2H3,(H,26,27)(H,25,28,29). The van der Waals surface area contributed by atoms with E-state index in [9.17, 15) is 0 Å². The molecular weight excluding hydrogens is 434 g/mol. The zero-order valence-electron chi connectivity index (χ0n) is 19.0. The molecule has 0 saturated carbocycles. The van der Waals surface area contributed by atoms with Gasteiger partial charge >= 0.3 is 0 Å². The molecule has 0 radical (unpaired) electrons. The zero-order valence-corrected chi connectivity index (χ0v) is 19.8. The van der Waals surface area contributed by atoms with Gasteiger partial charge in [0.1, 0.15) is 5.82 Å². The summed E-state index contributed by atoms with van der Waals surface area (Å²) in [6.45, 7) is 10.1. The van der Waals surface area contributed by atoms with Gasteiger partial charge in [-0.05, 0) is 37.6 Å². The van der Waals surface area contributed by atoms with Crippen LogP contribution >= 0.6 is 11.3 Å². The van der Waals surface area contributed by atoms with Crippen LogP contribution in [0.2, 0.25) is 0 Å². The molecular formula is C24H29N7OS. The lowest BCUT2D eigenvalue weighted by atomic mass is 10.1. The SMILES string of the molecule is CC(C)OCCN1CCN(c2ccnc(Nc3nc4ccc(-c5cn[nH]c5)cc4s3)c2)CC1. The second-order valence-electron chi connectivity index (χ2n) is 8.46. The smallest absolute Gasteiger partial charge is 0.189 e. The highest BCUT2D eigenvalue weighted by Gasteiger charge is 2.18. The van der Waals surface area contributed by atoms with E-state index in [0.717, 1.165) is 71.6 Å². The van der Waals surface area contributed by atoms with Gasteiger partial charge in [-0.2, -0.15) is 5.10 Å². The first-order valence-electron chi connectivity index (χ1n) is 11.4. The first-order chi connectivity index (χ1) is 16.1. The van der Waals surface area contributed by atoms with Crippen LogP contribution in [-0.4, -0.2) is 70.5 Å². The van der Waals surface area contributed by atoms with Crippen LogP contribution < -0.4 is 10.2 Å². The molecule has 1 aliphatic rings. The first-order valence-corrected chi connectivity index (χ1v) is 12.2. The van der Waals surface area contributed by atoms with Crippen LogP contribution in [0, 0.1) is 0 Å². The summed E-state index contributed by atoms with van der Waals surface area (Å²) in [6.07, 6.45) is 5.89. The largest absolute Gasteiger partial charge is 0.377 e. The summed E-state index contributed by atoms with van der Waals surface area (Å²) in [7, 11) is 0. The molecule has 0 bridgehead atoms. The van der Waals surface area contributed by atoms with Gasteiger partial charge in [-0.15, -0.1) is 0 Å². The number of fused-ring (bicyclic) bond motifs is 1. The lowest BCUT2D eigenvalue weighted by Gasteiger charge is -2.36. The van der Waals surface area contributed by atoms with Gasteiger partial charge in [0.05, 0.1) is 29.1 Å². The molecule has 172 valence electrons. The molecule has 0 spiro atoms. The molecule has 4 heterocycles. The predicted octanol–water partition coefficient (Wildman–Crippen LogP) is 4.37. The highest BCUT2D eigenvalue weighted by atomic mass is 32.1. The van der Waals surface area contributed by atoms with E-state index in [2.05, 4.69) is 74.5 Å². The minimum Gasteiger partial charge on any atom is -0.377 e. The zero-order chi connectivity index (χ0) is 22.6. The second-order valence-corrected chi connectivity index (χ2v) is 9.49. The van der Waals surface area contributed by atoms with Gasteiger partial charge < -0.3 is 15.0 Å². The van der Waals surface area contributed by atoms with Gasteiger partial charge in [0.25, 0.3) is 0 Å². The monoisotopic (exact) mass is 463 g/mol. The highest BCUT2D eigenvalue weighted by molar-refractivity contribution is 7.22. The number of hydrogen-bond acceptors (Lipinski definition) is 8. The molecule has 9 heteroatoms. The molecule has 1 aromatic carbocycles. The van der Waals surface area contributed by atoms with E-state index in [1.165, 1.54) is 5.69 Å². The van der Waals surface area contributed by atoms with Crippen molar-refractivity contribution >= 4 is 38.2 Å². The Morgan fingerprint density at radius 2 is 2.00 bits per heavy atom. The van der Waals surface area contributed by atoms with Gasteiger partial charge in [0.2, 0.25) is 0 Å². The minimum atomic E-state index is 0.294. The molecule has 4 aromatic rings. The van der Waals surface area contributed by atoms with Crippen LogP contribution in [0.15, 0.2) is 48.9 Å². The summed E-state index contributed by atoms with van der Waals surface area (Å²) in [6, 6.07) is 10.5. The van der Waals surface area contributed by atoms with Gasteiger partial charge in [-0.3, -0.25) is 10.00 Å². The number of thiazole rings is 1. The number of ether oxygens (including phenoxy) is 1. The number of rotatable bonds is 8. The van der Waals surface area contributed by atoms with Crippen molar-refractivity contribution in [1.82, 2.24) is 25.1 Å². The molecule has 0 amide bonds. The Balaban J connectivity index is 1.22. The average Bonchev–Trinajstić information content (AvgIpc) is 3.49. The molecule has 8 nitrogen and oxygen atoms in total. The van der Waals surface area contributed by atoms with E-state index in [1.54, 1.807) is 11.3 Å². The van der Waals surface area contributed by atoms with Crippen molar-refractivity contribution in [3.05, 3.63) is 48.9 Å². The summed E-state index contributed by atoms with van der Waals surface area (Å²) < 4.78 is 6.82. The van der Waals surface area contributed by atoms with Gasteiger partial charge in [0, 0.05) is 62.4 Å². The fourth-order valence-corrected chi connectivity index (χ4v) is 4.92. The van der Waals surface area contributed by atoms with Crippen LogP contribution in [0.5, 0.6) is 0 Å². The molecule has 33 heavy (non-hydrogen) atoms. The van der Waals surface area contributed by atoms with E-state index in [4.69, 9.17) is 9.72 Å². The Bertz CT molecular complexity index is 1180. The number of nitrogens with zero attached hydrogens (tertiary/aromatic N) is 5. The maximum atomic E-state index is 5.69. The number of aromatic nitrogens is 4. The summed E-state index contributed by atoms with van der Waals surface area (Å²) in [5.74, 6) is 0.814. The lowest BCUT2D eigenvalue weighted by molar-refractivity contribution is 0.0579. The van der Waals surface area contributed by atoms with E-state index in [1.807, 2.05) is 18.6 Å². The summed E-state index contributed by atoms with van der Waals surface area (Å²) in [4.78, 5) is 14.1. The Morgan fingerprint density at radius 3 is 2.79 bits per heavy atom. The summed E-state index contributed by atoms with van der Waals surface area (Å²) in [5, 5.41) is 11.1. The Hall–Kier alpha value is -3.01. The molecule has 2 N–H and O–H groups in total. The van der Waals surface area contributed by atoms with Gasteiger partial charge in [-0.25, -0.2) is 9.97 Å². The number of benzene rings is 1. The Labute approximate surface area is 197 Å². The van der Waals surface area contributed by atoms with Crippen LogP contribution in [-0.2, 0) is 4.74 Å². The number of pyridine rings is 1. The first kappa shape index (κ1) is 21.8. The van der Waals surface area contributed by atoms with E-state index < -0.39 is 0 Å². The summed E-state index contributed by atoms with van der Waals surface area (Å²) >= 11 is 1.63. The number of H-pyrrole nitrogens is 1. The average molecular weight is 464 g/mol. The molecule has 3 aromatic heterocycles. The van der Waals surface area contributed by atoms with Crippen LogP contribution in [0.3, 0.4) is 0 Å². The van der Waals surface area contributed by atoms with Crippen molar-refractivity contribution in [2.75, 3.05) is 49.5 Å². The van der Waals surface area contributed by atoms with Crippen molar-refractivity contribution in [3.63, 3.8) is 0 Å². The predicted molar refractivity (Wildman–Crippen MR) is 134 cm³/mol. The molecule has 1 fully saturated rings. The quantitative estimate of drug-likeness (QED) is 0.401. The normalized spacial score (nSPS) is 14.9. The molecule has 5 rings (SSSR count). The minimum absolute atomic E-state index is 0.294. The summed E-state index contributed by atoms with van der Waals surface area (Å²) in [5.41, 5.74) is 4.36. The lowest BCUT2D eigenvalue weighted by Crippen LogP contribution is -2.47. The molecule has 0 aliphatic carbocycles. The van der Waals surface area contributed by atoms with Crippen molar-refractivity contribution in [3.8, 4) is 11.1 Å². The highest BCUT2D eigenvalue weighted by Crippen LogP contribution is 2.32. The number of hydrogen-bond donors (Lipinski definition) is 2. The van der Waals surface area contributed by atoms with Crippen LogP contribution in [0.25, 0.3) is 21.3 Å². The van der Waals surface area contributed by atoms with Crippen molar-refractivity contribution in [1.29, 1.82) is 0 Å².